The van der Waals surface area contributed by atoms with Crippen LogP contribution in [-0.2, 0) is 0 Å². The van der Waals surface area contributed by atoms with Crippen LogP contribution >= 0.6 is 11.8 Å². The van der Waals surface area contributed by atoms with Gasteiger partial charge in [0.15, 0.2) is 0 Å². The van der Waals surface area contributed by atoms with Crippen molar-refractivity contribution < 1.29 is 5.11 Å². The lowest BCUT2D eigenvalue weighted by atomic mass is 10.2. The van der Waals surface area contributed by atoms with Crippen LogP contribution < -0.4 is 0 Å². The van der Waals surface area contributed by atoms with Crippen molar-refractivity contribution in [2.75, 3.05) is 24.6 Å². The quantitative estimate of drug-likeness (QED) is 0.753. The fourth-order valence-corrected chi connectivity index (χ4v) is 2.69. The minimum atomic E-state index is -0.134. The van der Waals surface area contributed by atoms with Gasteiger partial charge >= 0.3 is 0 Å². The summed E-state index contributed by atoms with van der Waals surface area (Å²) in [6.45, 7) is 6.32. The zero-order chi connectivity index (χ0) is 9.68. The summed E-state index contributed by atoms with van der Waals surface area (Å²) < 4.78 is 0. The predicted molar refractivity (Wildman–Crippen MR) is 59.3 cm³/mol. The van der Waals surface area contributed by atoms with Crippen LogP contribution in [0.4, 0.5) is 0 Å². The third-order valence-electron chi connectivity index (χ3n) is 2.74. The van der Waals surface area contributed by atoms with Crippen LogP contribution in [0.3, 0.4) is 0 Å². The highest BCUT2D eigenvalue weighted by Gasteiger charge is 2.18. The molecule has 13 heavy (non-hydrogen) atoms. The molecule has 1 aliphatic heterocycles. The normalized spacial score (nSPS) is 28.4. The van der Waals surface area contributed by atoms with E-state index >= 15 is 0 Å². The molecule has 0 spiro atoms. The Labute approximate surface area is 85.7 Å². The first-order valence-corrected chi connectivity index (χ1v) is 6.39. The lowest BCUT2D eigenvalue weighted by Crippen LogP contribution is -2.39. The molecular formula is C10H21NOS. The monoisotopic (exact) mass is 203 g/mol. The lowest BCUT2D eigenvalue weighted by molar-refractivity contribution is 0.0928. The minimum Gasteiger partial charge on any atom is -0.392 e. The van der Waals surface area contributed by atoms with Crippen LogP contribution in [0.25, 0.3) is 0 Å². The third kappa shape index (κ3) is 3.88. The van der Waals surface area contributed by atoms with Crippen molar-refractivity contribution in [3.05, 3.63) is 0 Å². The summed E-state index contributed by atoms with van der Waals surface area (Å²) in [7, 11) is 0. The molecule has 2 nitrogen and oxygen atoms in total. The Morgan fingerprint density at radius 2 is 2.31 bits per heavy atom. The van der Waals surface area contributed by atoms with E-state index in [9.17, 15) is 5.11 Å². The first-order valence-electron chi connectivity index (χ1n) is 5.24. The zero-order valence-electron chi connectivity index (χ0n) is 8.70. The van der Waals surface area contributed by atoms with E-state index in [1.54, 1.807) is 0 Å². The van der Waals surface area contributed by atoms with Gasteiger partial charge in [0.05, 0.1) is 6.10 Å². The second-order valence-electron chi connectivity index (χ2n) is 3.81. The molecule has 1 N–H and O–H groups in total. The van der Waals surface area contributed by atoms with Crippen molar-refractivity contribution in [1.82, 2.24) is 4.90 Å². The van der Waals surface area contributed by atoms with Crippen molar-refractivity contribution in [2.24, 2.45) is 0 Å². The summed E-state index contributed by atoms with van der Waals surface area (Å²) in [4.78, 5) is 2.42. The average Bonchev–Trinajstić information content (AvgIpc) is 2.32. The molecule has 3 heteroatoms. The molecule has 0 aromatic carbocycles. The Morgan fingerprint density at radius 1 is 1.54 bits per heavy atom. The van der Waals surface area contributed by atoms with Crippen LogP contribution in [0, 0.1) is 0 Å². The van der Waals surface area contributed by atoms with Crippen LogP contribution in [0.15, 0.2) is 0 Å². The topological polar surface area (TPSA) is 23.5 Å². The van der Waals surface area contributed by atoms with E-state index in [1.807, 2.05) is 18.7 Å². The maximum absolute atomic E-state index is 9.57. The Kier molecular flexibility index (Phi) is 5.14. The second-order valence-corrected chi connectivity index (χ2v) is 5.03. The number of aliphatic hydroxyl groups is 1. The number of hydrogen-bond acceptors (Lipinski definition) is 3. The molecule has 1 unspecified atom stereocenters. The molecule has 2 atom stereocenters. The average molecular weight is 203 g/mol. The van der Waals surface area contributed by atoms with Crippen LogP contribution in [0.1, 0.15) is 26.7 Å². The summed E-state index contributed by atoms with van der Waals surface area (Å²) in [5.74, 6) is 2.50. The van der Waals surface area contributed by atoms with Crippen molar-refractivity contribution >= 4 is 11.8 Å². The van der Waals surface area contributed by atoms with E-state index < -0.39 is 0 Å². The minimum absolute atomic E-state index is 0.134. The van der Waals surface area contributed by atoms with E-state index in [1.165, 1.54) is 17.9 Å². The van der Waals surface area contributed by atoms with E-state index in [4.69, 9.17) is 0 Å². The van der Waals surface area contributed by atoms with Crippen LogP contribution in [0.2, 0.25) is 0 Å². The summed E-state index contributed by atoms with van der Waals surface area (Å²) in [6.07, 6.45) is 2.00. The summed E-state index contributed by atoms with van der Waals surface area (Å²) >= 11 is 2.03. The largest absolute Gasteiger partial charge is 0.392 e. The Bertz CT molecular complexity index is 143. The van der Waals surface area contributed by atoms with E-state index in [-0.39, 0.29) is 6.10 Å². The van der Waals surface area contributed by atoms with Gasteiger partial charge < -0.3 is 5.11 Å². The molecule has 0 bridgehead atoms. The number of aliphatic hydroxyl groups excluding tert-OH is 1. The van der Waals surface area contributed by atoms with Gasteiger partial charge in [-0.05, 0) is 25.5 Å². The maximum Gasteiger partial charge on any atom is 0.0664 e. The highest BCUT2D eigenvalue weighted by Crippen LogP contribution is 2.16. The number of rotatable bonds is 3. The molecule has 0 aromatic rings. The van der Waals surface area contributed by atoms with E-state index in [2.05, 4.69) is 11.8 Å². The summed E-state index contributed by atoms with van der Waals surface area (Å²) in [5.41, 5.74) is 0. The predicted octanol–water partition coefficient (Wildman–Crippen LogP) is 1.58. The van der Waals surface area contributed by atoms with Crippen molar-refractivity contribution in [3.8, 4) is 0 Å². The Hall–Kier alpha value is 0.270. The van der Waals surface area contributed by atoms with Crippen molar-refractivity contribution in [2.45, 2.75) is 38.8 Å². The lowest BCUT2D eigenvalue weighted by Gasteiger charge is -2.28. The summed E-state index contributed by atoms with van der Waals surface area (Å²) in [6, 6.07) is 0.649. The molecular weight excluding hydrogens is 182 g/mol. The smallest absolute Gasteiger partial charge is 0.0664 e. The molecule has 0 aromatic heterocycles. The maximum atomic E-state index is 9.57. The van der Waals surface area contributed by atoms with E-state index in [0.717, 1.165) is 19.5 Å². The van der Waals surface area contributed by atoms with Gasteiger partial charge in [-0.25, -0.2) is 0 Å². The van der Waals surface area contributed by atoms with Gasteiger partial charge in [-0.1, -0.05) is 6.92 Å². The number of thioether (sulfide) groups is 1. The molecule has 78 valence electrons. The second kappa shape index (κ2) is 5.89. The summed E-state index contributed by atoms with van der Waals surface area (Å²) in [5, 5.41) is 9.57. The zero-order valence-corrected chi connectivity index (χ0v) is 9.52. The molecule has 1 saturated heterocycles. The van der Waals surface area contributed by atoms with Crippen LogP contribution in [0.5, 0.6) is 0 Å². The van der Waals surface area contributed by atoms with Gasteiger partial charge in [-0.2, -0.15) is 11.8 Å². The number of hydrogen-bond donors (Lipinski definition) is 1. The fraction of sp³-hybridized carbons (Fsp3) is 1.00. The third-order valence-corrected chi connectivity index (χ3v) is 3.74. The molecule has 0 aliphatic carbocycles. The molecule has 1 aliphatic rings. The molecule has 1 fully saturated rings. The molecule has 0 radical (unpaired) electrons. The van der Waals surface area contributed by atoms with Gasteiger partial charge in [-0.15, -0.1) is 0 Å². The molecule has 1 rings (SSSR count). The standard InChI is InChI=1S/C10H21NOS/c1-3-10(12)8-11-5-7-13-6-4-9(11)2/h9-10,12H,3-8H2,1-2H3/t9?,10-/m0/s1. The molecule has 0 saturated carbocycles. The van der Waals surface area contributed by atoms with Gasteiger partial charge in [0, 0.05) is 24.9 Å². The van der Waals surface area contributed by atoms with Gasteiger partial charge in [0.25, 0.3) is 0 Å². The fourth-order valence-electron chi connectivity index (χ4n) is 1.61. The Morgan fingerprint density at radius 3 is 3.00 bits per heavy atom. The van der Waals surface area contributed by atoms with Crippen LogP contribution in [-0.4, -0.2) is 46.7 Å². The highest BCUT2D eigenvalue weighted by atomic mass is 32.2. The first kappa shape index (κ1) is 11.3. The molecule has 1 heterocycles. The highest BCUT2D eigenvalue weighted by molar-refractivity contribution is 7.99. The van der Waals surface area contributed by atoms with Crippen molar-refractivity contribution in [1.29, 1.82) is 0 Å². The SMILES string of the molecule is CC[C@H](O)CN1CCSCCC1C. The van der Waals surface area contributed by atoms with Crippen molar-refractivity contribution in [3.63, 3.8) is 0 Å². The van der Waals surface area contributed by atoms with Gasteiger partial charge in [0.2, 0.25) is 0 Å². The Balaban J connectivity index is 2.35. The number of nitrogens with zero attached hydrogens (tertiary/aromatic N) is 1. The van der Waals surface area contributed by atoms with Gasteiger partial charge in [0.1, 0.15) is 0 Å². The first-order chi connectivity index (χ1) is 6.24. The van der Waals surface area contributed by atoms with E-state index in [0.29, 0.717) is 6.04 Å². The van der Waals surface area contributed by atoms with Gasteiger partial charge in [-0.3, -0.25) is 4.90 Å². The number of β-amino-alcohol motifs (C(OH)–C–C–N with tert-alkyl or cyclic N) is 1. The molecule has 0 amide bonds.